The predicted octanol–water partition coefficient (Wildman–Crippen LogP) is 6.24. The van der Waals surface area contributed by atoms with Crippen molar-refractivity contribution in [3.05, 3.63) is 52.2 Å². The van der Waals surface area contributed by atoms with Gasteiger partial charge >= 0.3 is 0 Å². The van der Waals surface area contributed by atoms with Gasteiger partial charge in [-0.15, -0.1) is 22.7 Å². The average molecular weight is 437 g/mol. The Bertz CT molecular complexity index is 1210. The molecule has 0 unspecified atom stereocenters. The van der Waals surface area contributed by atoms with Crippen LogP contribution in [0.1, 0.15) is 59.4 Å². The maximum atomic E-state index is 13.2. The lowest BCUT2D eigenvalue weighted by Gasteiger charge is -2.12. The Labute approximate surface area is 183 Å². The minimum absolute atomic E-state index is 0.106. The highest BCUT2D eigenvalue weighted by molar-refractivity contribution is 7.23. The van der Waals surface area contributed by atoms with E-state index in [1.165, 1.54) is 28.0 Å². The molecule has 3 aromatic heterocycles. The van der Waals surface area contributed by atoms with Gasteiger partial charge in [-0.05, 0) is 70.2 Å². The molecule has 4 aromatic rings. The van der Waals surface area contributed by atoms with E-state index >= 15 is 0 Å². The van der Waals surface area contributed by atoms with E-state index < -0.39 is 0 Å². The number of nitrogens with zero attached hydrogens (tertiary/aromatic N) is 3. The zero-order valence-electron chi connectivity index (χ0n) is 17.4. The normalized spacial score (nSPS) is 13.7. The fourth-order valence-corrected chi connectivity index (χ4v) is 6.50. The Kier molecular flexibility index (Phi) is 4.95. The minimum atomic E-state index is -0.106. The van der Waals surface area contributed by atoms with E-state index in [0.717, 1.165) is 39.6 Å². The van der Waals surface area contributed by atoms with E-state index in [-0.39, 0.29) is 11.9 Å². The number of aromatic nitrogens is 3. The van der Waals surface area contributed by atoms with E-state index in [0.29, 0.717) is 5.69 Å². The second kappa shape index (κ2) is 7.63. The third-order valence-electron chi connectivity index (χ3n) is 5.49. The first-order valence-corrected chi connectivity index (χ1v) is 12.0. The monoisotopic (exact) mass is 436 g/mol. The second-order valence-corrected chi connectivity index (χ2v) is 10.2. The van der Waals surface area contributed by atoms with Gasteiger partial charge in [0, 0.05) is 16.5 Å². The van der Waals surface area contributed by atoms with Gasteiger partial charge in [0.1, 0.15) is 15.7 Å². The Hall–Kier alpha value is -2.51. The molecule has 154 valence electrons. The quantitative estimate of drug-likeness (QED) is 0.412. The van der Waals surface area contributed by atoms with Gasteiger partial charge in [0.25, 0.3) is 5.91 Å². The Morgan fingerprint density at radius 2 is 1.97 bits per heavy atom. The fraction of sp³-hybridized carbons (Fsp3) is 0.348. The van der Waals surface area contributed by atoms with Crippen molar-refractivity contribution >= 4 is 43.8 Å². The summed E-state index contributed by atoms with van der Waals surface area (Å²) in [4.78, 5) is 19.5. The molecule has 0 bridgehead atoms. The Balaban J connectivity index is 1.59. The molecule has 0 saturated heterocycles. The van der Waals surface area contributed by atoms with Crippen LogP contribution >= 0.6 is 22.7 Å². The molecule has 0 fully saturated rings. The SMILES string of the molecule is Cc1cc(C(=O)Nc2sc3c(c2-c2nc4ccccc4s2)CCCC3)n(C(C)C)n1. The van der Waals surface area contributed by atoms with Crippen LogP contribution in [0.4, 0.5) is 5.00 Å². The minimum Gasteiger partial charge on any atom is -0.312 e. The standard InChI is InChI=1S/C23H24N4OS2/c1-13(2)27-17(12-14(3)26-27)21(28)25-23-20(15-8-4-6-10-18(15)29-23)22-24-16-9-5-7-11-19(16)30-22/h5,7,9,11-13H,4,6,8,10H2,1-3H3,(H,25,28). The molecule has 1 N–H and O–H groups in total. The summed E-state index contributed by atoms with van der Waals surface area (Å²) in [6, 6.07) is 10.2. The van der Waals surface area contributed by atoms with Gasteiger partial charge in [-0.1, -0.05) is 12.1 Å². The van der Waals surface area contributed by atoms with Crippen LogP contribution in [-0.2, 0) is 12.8 Å². The topological polar surface area (TPSA) is 59.8 Å². The number of nitrogens with one attached hydrogen (secondary N) is 1. The van der Waals surface area contributed by atoms with Crippen LogP contribution < -0.4 is 5.32 Å². The zero-order valence-corrected chi connectivity index (χ0v) is 19.0. The predicted molar refractivity (Wildman–Crippen MR) is 125 cm³/mol. The molecule has 5 nitrogen and oxygen atoms in total. The molecule has 0 spiro atoms. The summed E-state index contributed by atoms with van der Waals surface area (Å²) in [6.45, 7) is 6.01. The first-order chi connectivity index (χ1) is 14.5. The van der Waals surface area contributed by atoms with Crippen LogP contribution in [0, 0.1) is 6.92 Å². The van der Waals surface area contributed by atoms with Crippen molar-refractivity contribution < 1.29 is 4.79 Å². The number of para-hydroxylation sites is 1. The van der Waals surface area contributed by atoms with E-state index in [9.17, 15) is 4.79 Å². The lowest BCUT2D eigenvalue weighted by atomic mass is 9.96. The van der Waals surface area contributed by atoms with Crippen molar-refractivity contribution in [2.75, 3.05) is 5.32 Å². The molecule has 1 aliphatic rings. The van der Waals surface area contributed by atoms with Crippen LogP contribution in [0.15, 0.2) is 30.3 Å². The first-order valence-electron chi connectivity index (χ1n) is 10.4. The van der Waals surface area contributed by atoms with Crippen LogP contribution in [-0.4, -0.2) is 20.7 Å². The molecule has 30 heavy (non-hydrogen) atoms. The lowest BCUT2D eigenvalue weighted by Crippen LogP contribution is -2.18. The molecule has 1 aromatic carbocycles. The molecule has 0 saturated carbocycles. The number of thiazole rings is 1. The van der Waals surface area contributed by atoms with Crippen molar-refractivity contribution in [1.29, 1.82) is 0 Å². The number of carbonyl (C=O) groups is 1. The third kappa shape index (κ3) is 3.36. The molecule has 1 aliphatic carbocycles. The van der Waals surface area contributed by atoms with Crippen molar-refractivity contribution in [3.63, 3.8) is 0 Å². The molecular formula is C23H24N4OS2. The number of carbonyl (C=O) groups excluding carboxylic acids is 1. The lowest BCUT2D eigenvalue weighted by molar-refractivity contribution is 0.101. The number of rotatable bonds is 4. The Morgan fingerprint density at radius 3 is 2.77 bits per heavy atom. The molecule has 0 aliphatic heterocycles. The van der Waals surface area contributed by atoms with Crippen LogP contribution in [0.2, 0.25) is 0 Å². The number of aryl methyl sites for hydroxylation is 2. The highest BCUT2D eigenvalue weighted by Crippen LogP contribution is 2.46. The summed E-state index contributed by atoms with van der Waals surface area (Å²) in [6.07, 6.45) is 4.53. The van der Waals surface area contributed by atoms with Gasteiger partial charge in [0.15, 0.2) is 0 Å². The zero-order chi connectivity index (χ0) is 20.8. The molecule has 5 rings (SSSR count). The van der Waals surface area contributed by atoms with Gasteiger partial charge in [-0.25, -0.2) is 4.98 Å². The van der Waals surface area contributed by atoms with Crippen molar-refractivity contribution in [2.24, 2.45) is 0 Å². The highest BCUT2D eigenvalue weighted by Gasteiger charge is 2.26. The number of benzene rings is 1. The van der Waals surface area contributed by atoms with Gasteiger partial charge in [-0.3, -0.25) is 9.48 Å². The van der Waals surface area contributed by atoms with Gasteiger partial charge in [0.05, 0.1) is 15.9 Å². The summed E-state index contributed by atoms with van der Waals surface area (Å²) < 4.78 is 2.98. The molecular weight excluding hydrogens is 412 g/mol. The van der Waals surface area contributed by atoms with Crippen LogP contribution in [0.5, 0.6) is 0 Å². The summed E-state index contributed by atoms with van der Waals surface area (Å²) in [5, 5.41) is 9.63. The highest BCUT2D eigenvalue weighted by atomic mass is 32.1. The van der Waals surface area contributed by atoms with E-state index in [1.54, 1.807) is 27.4 Å². The largest absolute Gasteiger partial charge is 0.312 e. The summed E-state index contributed by atoms with van der Waals surface area (Å²) in [5.41, 5.74) is 4.96. The molecule has 1 amide bonds. The third-order valence-corrected chi connectivity index (χ3v) is 7.75. The number of thiophene rings is 1. The van der Waals surface area contributed by atoms with Crippen molar-refractivity contribution in [2.45, 2.75) is 52.5 Å². The summed E-state index contributed by atoms with van der Waals surface area (Å²) >= 11 is 3.42. The number of fused-ring (bicyclic) bond motifs is 2. The maximum Gasteiger partial charge on any atom is 0.274 e. The second-order valence-electron chi connectivity index (χ2n) is 8.07. The van der Waals surface area contributed by atoms with Gasteiger partial charge in [0.2, 0.25) is 0 Å². The van der Waals surface area contributed by atoms with E-state index in [4.69, 9.17) is 4.98 Å². The number of amides is 1. The molecule has 0 radical (unpaired) electrons. The summed E-state index contributed by atoms with van der Waals surface area (Å²) in [5.74, 6) is -0.106. The maximum absolute atomic E-state index is 13.2. The number of anilines is 1. The van der Waals surface area contributed by atoms with Gasteiger partial charge in [-0.2, -0.15) is 5.10 Å². The van der Waals surface area contributed by atoms with Crippen molar-refractivity contribution in [1.82, 2.24) is 14.8 Å². The van der Waals surface area contributed by atoms with Crippen LogP contribution in [0.3, 0.4) is 0 Å². The van der Waals surface area contributed by atoms with Crippen molar-refractivity contribution in [3.8, 4) is 10.6 Å². The van der Waals surface area contributed by atoms with Gasteiger partial charge < -0.3 is 5.32 Å². The number of hydrogen-bond donors (Lipinski definition) is 1. The molecule has 3 heterocycles. The summed E-state index contributed by atoms with van der Waals surface area (Å²) in [7, 11) is 0. The van der Waals surface area contributed by atoms with E-state index in [2.05, 4.69) is 22.5 Å². The smallest absolute Gasteiger partial charge is 0.274 e. The number of hydrogen-bond acceptors (Lipinski definition) is 5. The van der Waals surface area contributed by atoms with Crippen LogP contribution in [0.25, 0.3) is 20.8 Å². The average Bonchev–Trinajstić information content (AvgIpc) is 3.41. The fourth-order valence-electron chi connectivity index (χ4n) is 4.11. The molecule has 0 atom stereocenters. The first kappa shape index (κ1) is 19.5. The van der Waals surface area contributed by atoms with E-state index in [1.807, 2.05) is 39.0 Å². The molecule has 7 heteroatoms. The Morgan fingerprint density at radius 1 is 1.17 bits per heavy atom.